The Morgan fingerprint density at radius 2 is 1.76 bits per heavy atom. The van der Waals surface area contributed by atoms with Gasteiger partial charge >= 0.3 is 0 Å². The van der Waals surface area contributed by atoms with Crippen molar-refractivity contribution >= 4 is 35.0 Å². The lowest BCUT2D eigenvalue weighted by Gasteiger charge is -2.15. The third-order valence-electron chi connectivity index (χ3n) is 4.13. The van der Waals surface area contributed by atoms with Gasteiger partial charge in [0.15, 0.2) is 0 Å². The Balaban J connectivity index is 1.74. The number of rotatable bonds is 9. The minimum Gasteiger partial charge on any atom is -0.387 e. The zero-order chi connectivity index (χ0) is 21.4. The molecule has 2 atom stereocenters. The summed E-state index contributed by atoms with van der Waals surface area (Å²) in [5, 5.41) is 25.7. The molecule has 0 aliphatic rings. The van der Waals surface area contributed by atoms with E-state index in [9.17, 15) is 24.8 Å². The SMILES string of the molecule is Cc1ccc(NC(=O)CS[C@@H](C)C(=O)NC[C@@H](O)c2ccc([N+](=O)[O-])cc2)cc1. The molecule has 9 heteroatoms. The zero-order valence-corrected chi connectivity index (χ0v) is 16.9. The molecule has 0 unspecified atom stereocenters. The molecule has 0 radical (unpaired) electrons. The number of aliphatic hydroxyl groups excluding tert-OH is 1. The Kier molecular flexibility index (Phi) is 8.17. The van der Waals surface area contributed by atoms with Crippen molar-refractivity contribution in [2.45, 2.75) is 25.2 Å². The minimum atomic E-state index is -0.984. The maximum absolute atomic E-state index is 12.2. The van der Waals surface area contributed by atoms with E-state index in [1.165, 1.54) is 36.0 Å². The van der Waals surface area contributed by atoms with Gasteiger partial charge in [-0.25, -0.2) is 0 Å². The molecule has 8 nitrogen and oxygen atoms in total. The molecule has 2 rings (SSSR count). The molecule has 2 aromatic rings. The first-order chi connectivity index (χ1) is 13.8. The number of nitro groups is 1. The third kappa shape index (κ3) is 7.20. The summed E-state index contributed by atoms with van der Waals surface area (Å²) < 4.78 is 0. The van der Waals surface area contributed by atoms with Crippen LogP contribution < -0.4 is 10.6 Å². The van der Waals surface area contributed by atoms with E-state index >= 15 is 0 Å². The van der Waals surface area contributed by atoms with E-state index in [0.717, 1.165) is 5.56 Å². The first-order valence-electron chi connectivity index (χ1n) is 8.94. The number of nitro benzene ring substituents is 1. The first kappa shape index (κ1) is 22.4. The normalized spacial score (nSPS) is 12.7. The van der Waals surface area contributed by atoms with Gasteiger partial charge < -0.3 is 15.7 Å². The summed E-state index contributed by atoms with van der Waals surface area (Å²) in [4.78, 5) is 34.3. The molecule has 0 aliphatic carbocycles. The molecule has 29 heavy (non-hydrogen) atoms. The van der Waals surface area contributed by atoms with Crippen LogP contribution in [-0.4, -0.2) is 39.4 Å². The summed E-state index contributed by atoms with van der Waals surface area (Å²) in [6.07, 6.45) is -0.984. The minimum absolute atomic E-state index is 0.0306. The molecule has 0 bridgehead atoms. The van der Waals surface area contributed by atoms with Gasteiger partial charge in [0.25, 0.3) is 5.69 Å². The maximum atomic E-state index is 12.2. The van der Waals surface area contributed by atoms with Crippen molar-refractivity contribution < 1.29 is 19.6 Å². The Morgan fingerprint density at radius 3 is 2.34 bits per heavy atom. The lowest BCUT2D eigenvalue weighted by molar-refractivity contribution is -0.384. The lowest BCUT2D eigenvalue weighted by atomic mass is 10.1. The van der Waals surface area contributed by atoms with Crippen LogP contribution in [0.5, 0.6) is 0 Å². The number of hydrogen-bond donors (Lipinski definition) is 3. The molecule has 3 N–H and O–H groups in total. The van der Waals surface area contributed by atoms with Crippen LogP contribution in [0.4, 0.5) is 11.4 Å². The highest BCUT2D eigenvalue weighted by Gasteiger charge is 2.17. The largest absolute Gasteiger partial charge is 0.387 e. The van der Waals surface area contributed by atoms with Crippen molar-refractivity contribution in [3.8, 4) is 0 Å². The van der Waals surface area contributed by atoms with Crippen molar-refractivity contribution in [1.82, 2.24) is 5.32 Å². The fourth-order valence-corrected chi connectivity index (χ4v) is 3.10. The highest BCUT2D eigenvalue weighted by molar-refractivity contribution is 8.01. The van der Waals surface area contributed by atoms with Crippen molar-refractivity contribution in [2.24, 2.45) is 0 Å². The topological polar surface area (TPSA) is 122 Å². The van der Waals surface area contributed by atoms with Crippen LogP contribution >= 0.6 is 11.8 Å². The highest BCUT2D eigenvalue weighted by atomic mass is 32.2. The average molecular weight is 417 g/mol. The van der Waals surface area contributed by atoms with Gasteiger partial charge in [0.2, 0.25) is 11.8 Å². The van der Waals surface area contributed by atoms with Gasteiger partial charge in [-0.05, 0) is 43.7 Å². The van der Waals surface area contributed by atoms with Gasteiger partial charge in [-0.3, -0.25) is 19.7 Å². The van der Waals surface area contributed by atoms with E-state index in [4.69, 9.17) is 0 Å². The molecule has 0 saturated heterocycles. The van der Waals surface area contributed by atoms with Crippen LogP contribution in [0.1, 0.15) is 24.2 Å². The van der Waals surface area contributed by atoms with Gasteiger partial charge in [0, 0.05) is 24.4 Å². The number of thioether (sulfide) groups is 1. The predicted octanol–water partition coefficient (Wildman–Crippen LogP) is 2.81. The number of non-ortho nitro benzene ring substituents is 1. The van der Waals surface area contributed by atoms with Crippen molar-refractivity contribution in [2.75, 3.05) is 17.6 Å². The molecular weight excluding hydrogens is 394 g/mol. The second-order valence-electron chi connectivity index (χ2n) is 6.48. The number of nitrogens with zero attached hydrogens (tertiary/aromatic N) is 1. The molecule has 0 aliphatic heterocycles. The van der Waals surface area contributed by atoms with Crippen molar-refractivity contribution in [1.29, 1.82) is 0 Å². The van der Waals surface area contributed by atoms with Crippen LogP contribution in [0.25, 0.3) is 0 Å². The Labute approximate surface area is 172 Å². The fourth-order valence-electron chi connectivity index (χ4n) is 2.39. The second kappa shape index (κ2) is 10.6. The summed E-state index contributed by atoms with van der Waals surface area (Å²) in [5.41, 5.74) is 2.19. The second-order valence-corrected chi connectivity index (χ2v) is 7.81. The number of aliphatic hydroxyl groups is 1. The van der Waals surface area contributed by atoms with Gasteiger partial charge in [-0.2, -0.15) is 0 Å². The van der Waals surface area contributed by atoms with Crippen LogP contribution in [0.3, 0.4) is 0 Å². The van der Waals surface area contributed by atoms with Crippen LogP contribution in [-0.2, 0) is 9.59 Å². The Morgan fingerprint density at radius 1 is 1.14 bits per heavy atom. The van der Waals surface area contributed by atoms with Gasteiger partial charge in [-0.15, -0.1) is 11.8 Å². The van der Waals surface area contributed by atoms with Gasteiger partial charge in [0.05, 0.1) is 22.0 Å². The number of carbonyl (C=O) groups is 2. The number of hydrogen-bond acceptors (Lipinski definition) is 6. The lowest BCUT2D eigenvalue weighted by Crippen LogP contribution is -2.34. The maximum Gasteiger partial charge on any atom is 0.269 e. The van der Waals surface area contributed by atoms with E-state index < -0.39 is 16.3 Å². The van der Waals surface area contributed by atoms with E-state index in [-0.39, 0.29) is 29.8 Å². The van der Waals surface area contributed by atoms with Crippen molar-refractivity contribution in [3.05, 3.63) is 69.8 Å². The fraction of sp³-hybridized carbons (Fsp3) is 0.300. The van der Waals surface area contributed by atoms with Crippen LogP contribution in [0.2, 0.25) is 0 Å². The smallest absolute Gasteiger partial charge is 0.269 e. The van der Waals surface area contributed by atoms with E-state index in [2.05, 4.69) is 10.6 Å². The first-order valence-corrected chi connectivity index (χ1v) is 9.99. The quantitative estimate of drug-likeness (QED) is 0.426. The third-order valence-corrected chi connectivity index (χ3v) is 5.27. The summed E-state index contributed by atoms with van der Waals surface area (Å²) in [6.45, 7) is 3.61. The van der Waals surface area contributed by atoms with Gasteiger partial charge in [-0.1, -0.05) is 17.7 Å². The molecule has 2 amide bonds. The Hall–Kier alpha value is -2.91. The molecule has 2 aromatic carbocycles. The zero-order valence-electron chi connectivity index (χ0n) is 16.1. The van der Waals surface area contributed by atoms with E-state index in [0.29, 0.717) is 11.3 Å². The number of aryl methyl sites for hydroxylation is 1. The molecule has 0 saturated carbocycles. The predicted molar refractivity (Wildman–Crippen MR) is 113 cm³/mol. The Bertz CT molecular complexity index is 855. The molecule has 154 valence electrons. The van der Waals surface area contributed by atoms with E-state index in [1.807, 2.05) is 31.2 Å². The number of amides is 2. The highest BCUT2D eigenvalue weighted by Crippen LogP contribution is 2.18. The monoisotopic (exact) mass is 417 g/mol. The summed E-state index contributed by atoms with van der Waals surface area (Å²) in [5.74, 6) is -0.392. The van der Waals surface area contributed by atoms with Crippen molar-refractivity contribution in [3.63, 3.8) is 0 Å². The van der Waals surface area contributed by atoms with E-state index in [1.54, 1.807) is 6.92 Å². The average Bonchev–Trinajstić information content (AvgIpc) is 2.71. The number of anilines is 1. The molecular formula is C20H23N3O5S. The molecule has 0 heterocycles. The summed E-state index contributed by atoms with van der Waals surface area (Å²) >= 11 is 1.19. The standard InChI is InChI=1S/C20H23N3O5S/c1-13-3-7-16(8-4-13)22-19(25)12-29-14(2)20(26)21-11-18(24)15-5-9-17(10-6-15)23(27)28/h3-10,14,18,24H,11-12H2,1-2H3,(H,21,26)(H,22,25)/t14-,18+/m0/s1. The molecule has 0 spiro atoms. The number of nitrogens with one attached hydrogen (secondary N) is 2. The van der Waals surface area contributed by atoms with Crippen LogP contribution in [0, 0.1) is 17.0 Å². The summed E-state index contributed by atoms with van der Waals surface area (Å²) in [6, 6.07) is 12.9. The number of carbonyl (C=O) groups excluding carboxylic acids is 2. The molecule has 0 fully saturated rings. The molecule has 0 aromatic heterocycles. The number of benzene rings is 2. The van der Waals surface area contributed by atoms with Crippen LogP contribution in [0.15, 0.2) is 48.5 Å². The summed E-state index contributed by atoms with van der Waals surface area (Å²) in [7, 11) is 0. The van der Waals surface area contributed by atoms with Gasteiger partial charge in [0.1, 0.15) is 0 Å².